The van der Waals surface area contributed by atoms with Gasteiger partial charge in [0.15, 0.2) is 11.7 Å². The maximum atomic E-state index is 6.04. The van der Waals surface area contributed by atoms with E-state index in [-0.39, 0.29) is 30.1 Å². The molecule has 0 bridgehead atoms. The Kier molecular flexibility index (Phi) is 8.09. The molecule has 6 nitrogen and oxygen atoms in total. The zero-order valence-corrected chi connectivity index (χ0v) is 18.8. The van der Waals surface area contributed by atoms with Crippen molar-refractivity contribution in [3.8, 4) is 0 Å². The van der Waals surface area contributed by atoms with E-state index in [1.54, 1.807) is 0 Å². The molecular formula is C20H29IN4O2. The monoisotopic (exact) mass is 484 g/mol. The number of hydrogen-bond donors (Lipinski definition) is 1. The molecule has 1 aliphatic rings. The van der Waals surface area contributed by atoms with Crippen molar-refractivity contribution < 1.29 is 9.26 Å². The number of benzene rings is 1. The van der Waals surface area contributed by atoms with E-state index in [1.165, 1.54) is 16.7 Å². The highest BCUT2D eigenvalue weighted by molar-refractivity contribution is 14.0. The molecule has 1 atom stereocenters. The second-order valence-electron chi connectivity index (χ2n) is 6.70. The predicted octanol–water partition coefficient (Wildman–Crippen LogP) is 3.62. The van der Waals surface area contributed by atoms with Gasteiger partial charge in [-0.25, -0.2) is 0 Å². The number of halogens is 1. The fourth-order valence-corrected chi connectivity index (χ4v) is 3.32. The third-order valence-corrected chi connectivity index (χ3v) is 4.74. The molecule has 2 aromatic rings. The average Bonchev–Trinajstić information content (AvgIpc) is 3.10. The van der Waals surface area contributed by atoms with Crippen LogP contribution in [0.1, 0.15) is 41.2 Å². The fourth-order valence-electron chi connectivity index (χ4n) is 3.32. The zero-order chi connectivity index (χ0) is 18.5. The van der Waals surface area contributed by atoms with Gasteiger partial charge in [0.25, 0.3) is 0 Å². The average molecular weight is 484 g/mol. The molecule has 1 aliphatic heterocycles. The van der Waals surface area contributed by atoms with Gasteiger partial charge in [0.2, 0.25) is 0 Å². The lowest BCUT2D eigenvalue weighted by Crippen LogP contribution is -2.48. The van der Waals surface area contributed by atoms with E-state index < -0.39 is 0 Å². The van der Waals surface area contributed by atoms with Crippen molar-refractivity contribution in [2.45, 2.75) is 39.8 Å². The summed E-state index contributed by atoms with van der Waals surface area (Å²) in [5.74, 6) is 1.68. The van der Waals surface area contributed by atoms with Crippen LogP contribution in [0.2, 0.25) is 0 Å². The van der Waals surface area contributed by atoms with Crippen LogP contribution in [0, 0.1) is 13.8 Å². The van der Waals surface area contributed by atoms with Gasteiger partial charge < -0.3 is 19.5 Å². The number of rotatable bonds is 4. The minimum atomic E-state index is 0. The Balaban J connectivity index is 0.00000261. The Hall–Kier alpha value is -1.61. The second kappa shape index (κ2) is 10.1. The summed E-state index contributed by atoms with van der Waals surface area (Å²) in [6, 6.07) is 8.51. The molecule has 2 heterocycles. The van der Waals surface area contributed by atoms with Crippen molar-refractivity contribution >= 4 is 29.9 Å². The molecule has 3 rings (SSSR count). The maximum absolute atomic E-state index is 6.04. The van der Waals surface area contributed by atoms with E-state index in [4.69, 9.17) is 9.26 Å². The van der Waals surface area contributed by atoms with Crippen LogP contribution in [0.5, 0.6) is 0 Å². The number of morpholine rings is 1. The van der Waals surface area contributed by atoms with Gasteiger partial charge in [-0.15, -0.1) is 24.0 Å². The molecule has 148 valence electrons. The molecule has 1 aromatic heterocycles. The summed E-state index contributed by atoms with van der Waals surface area (Å²) in [6.45, 7) is 9.18. The standard InChI is InChI=1S/C20H28N4O2.HI/c1-5-16-11-17(26-23-16)12-22-20(21-4)24-8-9-25-19(13-24)18-7-6-14(2)10-15(18)3;/h6-7,10-11,19H,5,8-9,12-13H2,1-4H3,(H,21,22);1H. The van der Waals surface area contributed by atoms with Gasteiger partial charge >= 0.3 is 0 Å². The number of guanidine groups is 1. The molecular weight excluding hydrogens is 455 g/mol. The molecule has 0 radical (unpaired) electrons. The zero-order valence-electron chi connectivity index (χ0n) is 16.5. The first-order valence-corrected chi connectivity index (χ1v) is 9.19. The largest absolute Gasteiger partial charge is 0.370 e. The lowest BCUT2D eigenvalue weighted by atomic mass is 10.00. The van der Waals surface area contributed by atoms with Crippen molar-refractivity contribution in [1.29, 1.82) is 0 Å². The smallest absolute Gasteiger partial charge is 0.194 e. The third-order valence-electron chi connectivity index (χ3n) is 4.74. The van der Waals surface area contributed by atoms with E-state index in [9.17, 15) is 0 Å². The lowest BCUT2D eigenvalue weighted by molar-refractivity contribution is -0.00837. The maximum Gasteiger partial charge on any atom is 0.194 e. The summed E-state index contributed by atoms with van der Waals surface area (Å²) in [6.07, 6.45) is 0.930. The molecule has 1 saturated heterocycles. The van der Waals surface area contributed by atoms with Crippen LogP contribution in [0.4, 0.5) is 0 Å². The van der Waals surface area contributed by atoms with Crippen molar-refractivity contribution in [2.24, 2.45) is 4.99 Å². The summed E-state index contributed by atoms with van der Waals surface area (Å²) in [7, 11) is 1.81. The molecule has 1 unspecified atom stereocenters. The van der Waals surface area contributed by atoms with E-state index in [0.29, 0.717) is 13.2 Å². The summed E-state index contributed by atoms with van der Waals surface area (Å²) in [4.78, 5) is 6.67. The first-order valence-electron chi connectivity index (χ1n) is 9.19. The van der Waals surface area contributed by atoms with Crippen LogP contribution in [0.25, 0.3) is 0 Å². The van der Waals surface area contributed by atoms with Gasteiger partial charge in [-0.3, -0.25) is 4.99 Å². The first-order chi connectivity index (χ1) is 12.6. The molecule has 0 aliphatic carbocycles. The summed E-state index contributed by atoms with van der Waals surface area (Å²) >= 11 is 0. The summed E-state index contributed by atoms with van der Waals surface area (Å²) in [5.41, 5.74) is 4.76. The number of aliphatic imine (C=N–C) groups is 1. The summed E-state index contributed by atoms with van der Waals surface area (Å²) in [5, 5.41) is 7.41. The van der Waals surface area contributed by atoms with Gasteiger partial charge in [0, 0.05) is 19.7 Å². The van der Waals surface area contributed by atoms with E-state index >= 15 is 0 Å². The lowest BCUT2D eigenvalue weighted by Gasteiger charge is -2.35. The summed E-state index contributed by atoms with van der Waals surface area (Å²) < 4.78 is 11.4. The molecule has 1 N–H and O–H groups in total. The fraction of sp³-hybridized carbons (Fsp3) is 0.500. The van der Waals surface area contributed by atoms with Crippen LogP contribution < -0.4 is 5.32 Å². The number of nitrogens with zero attached hydrogens (tertiary/aromatic N) is 3. The molecule has 1 aromatic carbocycles. The second-order valence-corrected chi connectivity index (χ2v) is 6.70. The highest BCUT2D eigenvalue weighted by Crippen LogP contribution is 2.26. The molecule has 1 fully saturated rings. The van der Waals surface area contributed by atoms with Gasteiger partial charge in [-0.1, -0.05) is 35.8 Å². The molecule has 0 amide bonds. The van der Waals surface area contributed by atoms with Crippen molar-refractivity contribution in [3.05, 3.63) is 52.4 Å². The Morgan fingerprint density at radius 3 is 2.81 bits per heavy atom. The quantitative estimate of drug-likeness (QED) is 0.408. The first kappa shape index (κ1) is 21.7. The van der Waals surface area contributed by atoms with Crippen LogP contribution >= 0.6 is 24.0 Å². The Morgan fingerprint density at radius 1 is 1.33 bits per heavy atom. The number of aromatic nitrogens is 1. The Bertz CT molecular complexity index is 775. The van der Waals surface area contributed by atoms with Crippen LogP contribution in [0.15, 0.2) is 33.8 Å². The third kappa shape index (κ3) is 5.44. The minimum absolute atomic E-state index is 0. The van der Waals surface area contributed by atoms with Crippen molar-refractivity contribution in [2.75, 3.05) is 26.7 Å². The van der Waals surface area contributed by atoms with Gasteiger partial charge in [0.1, 0.15) is 6.10 Å². The molecule has 7 heteroatoms. The number of aryl methyl sites for hydroxylation is 3. The minimum Gasteiger partial charge on any atom is -0.370 e. The molecule has 0 spiro atoms. The van der Waals surface area contributed by atoms with Gasteiger partial charge in [-0.2, -0.15) is 0 Å². The number of ether oxygens (including phenoxy) is 1. The topological polar surface area (TPSA) is 62.9 Å². The normalized spacial score (nSPS) is 17.6. The number of hydrogen-bond acceptors (Lipinski definition) is 4. The van der Waals surface area contributed by atoms with E-state index in [1.807, 2.05) is 13.1 Å². The SMILES string of the molecule is CCc1cc(CNC(=NC)N2CCOC(c3ccc(C)cc3C)C2)on1.I. The highest BCUT2D eigenvalue weighted by Gasteiger charge is 2.25. The van der Waals surface area contributed by atoms with Crippen LogP contribution in [0.3, 0.4) is 0 Å². The number of nitrogens with one attached hydrogen (secondary N) is 1. The van der Waals surface area contributed by atoms with E-state index in [0.717, 1.165) is 36.9 Å². The van der Waals surface area contributed by atoms with Gasteiger partial charge in [0.05, 0.1) is 25.4 Å². The Morgan fingerprint density at radius 2 is 2.15 bits per heavy atom. The van der Waals surface area contributed by atoms with E-state index in [2.05, 4.69) is 59.3 Å². The van der Waals surface area contributed by atoms with Gasteiger partial charge in [-0.05, 0) is 31.4 Å². The van der Waals surface area contributed by atoms with Crippen molar-refractivity contribution in [3.63, 3.8) is 0 Å². The predicted molar refractivity (Wildman–Crippen MR) is 118 cm³/mol. The highest BCUT2D eigenvalue weighted by atomic mass is 127. The van der Waals surface area contributed by atoms with Crippen molar-refractivity contribution in [1.82, 2.24) is 15.4 Å². The van der Waals surface area contributed by atoms with Crippen LogP contribution in [-0.4, -0.2) is 42.8 Å². The van der Waals surface area contributed by atoms with Crippen LogP contribution in [-0.2, 0) is 17.7 Å². The molecule has 0 saturated carbocycles. The Labute approximate surface area is 178 Å². The molecule has 27 heavy (non-hydrogen) atoms.